The number of rotatable bonds is 10. The van der Waals surface area contributed by atoms with Crippen LogP contribution in [0.25, 0.3) is 0 Å². The van der Waals surface area contributed by atoms with E-state index in [1.54, 1.807) is 20.9 Å². The molecule has 6 N–H and O–H groups in total. The maximum atomic E-state index is 11.7. The average molecular weight is 524 g/mol. The lowest BCUT2D eigenvalue weighted by Gasteiger charge is -2.14. The van der Waals surface area contributed by atoms with E-state index in [1.807, 2.05) is 30.0 Å². The topological polar surface area (TPSA) is 148 Å². The minimum Gasteiger partial charge on any atom is -0.369 e. The Hall–Kier alpha value is -2.94. The first-order valence-electron chi connectivity index (χ1n) is 13.3. The van der Waals surface area contributed by atoms with Crippen molar-refractivity contribution in [3.05, 3.63) is 35.9 Å². The van der Waals surface area contributed by atoms with Gasteiger partial charge in [-0.15, -0.1) is 0 Å². The highest BCUT2D eigenvalue weighted by molar-refractivity contribution is 5.76. The number of likely N-dealkylation sites (tertiary alicyclic amines) is 1. The molecule has 0 aromatic heterocycles. The summed E-state index contributed by atoms with van der Waals surface area (Å²) in [6.07, 6.45) is 8.42. The third kappa shape index (κ3) is 27.5. The van der Waals surface area contributed by atoms with Crippen LogP contribution in [0.4, 0.5) is 0 Å². The molecule has 0 bridgehead atoms. The van der Waals surface area contributed by atoms with Gasteiger partial charge in [-0.2, -0.15) is 0 Å². The van der Waals surface area contributed by atoms with Crippen molar-refractivity contribution in [2.24, 2.45) is 17.4 Å². The highest BCUT2D eigenvalue weighted by Crippen LogP contribution is 2.11. The second kappa shape index (κ2) is 29.3. The van der Waals surface area contributed by atoms with Crippen LogP contribution in [0.3, 0.4) is 0 Å². The van der Waals surface area contributed by atoms with Gasteiger partial charge in [-0.05, 0) is 44.7 Å². The van der Waals surface area contributed by atoms with Gasteiger partial charge in [0.25, 0.3) is 0 Å². The fraction of sp³-hybridized carbons (Fsp3) is 0.643. The van der Waals surface area contributed by atoms with Crippen molar-refractivity contribution in [1.82, 2.24) is 15.5 Å². The fourth-order valence-corrected chi connectivity index (χ4v) is 2.71. The van der Waals surface area contributed by atoms with Crippen molar-refractivity contribution in [3.8, 4) is 0 Å². The Labute approximate surface area is 225 Å². The normalized spacial score (nSPS) is 11.1. The number of nitrogens with zero attached hydrogens (tertiary/aromatic N) is 1. The van der Waals surface area contributed by atoms with Crippen LogP contribution in [0.2, 0.25) is 0 Å². The van der Waals surface area contributed by atoms with E-state index in [2.05, 4.69) is 35.4 Å². The predicted octanol–water partition coefficient (Wildman–Crippen LogP) is 3.01. The summed E-state index contributed by atoms with van der Waals surface area (Å²) in [4.78, 5) is 43.5. The van der Waals surface area contributed by atoms with E-state index >= 15 is 0 Å². The molecule has 2 rings (SSSR count). The van der Waals surface area contributed by atoms with Crippen molar-refractivity contribution in [2.75, 3.05) is 33.7 Å². The van der Waals surface area contributed by atoms with Crippen molar-refractivity contribution >= 4 is 24.1 Å². The van der Waals surface area contributed by atoms with Crippen molar-refractivity contribution in [3.63, 3.8) is 0 Å². The summed E-state index contributed by atoms with van der Waals surface area (Å²) in [5.74, 6) is 0.193. The van der Waals surface area contributed by atoms with Gasteiger partial charge in [0.15, 0.2) is 0 Å². The first kappa shape index (κ1) is 38.6. The molecule has 1 aromatic rings. The number of hydrogen-bond acceptors (Lipinski definition) is 5. The molecule has 1 heterocycles. The van der Waals surface area contributed by atoms with E-state index in [0.717, 1.165) is 51.7 Å². The van der Waals surface area contributed by atoms with Crippen LogP contribution >= 0.6 is 0 Å². The second-order valence-corrected chi connectivity index (χ2v) is 8.48. The zero-order valence-corrected chi connectivity index (χ0v) is 24.1. The lowest BCUT2D eigenvalue weighted by Crippen LogP contribution is -2.27. The van der Waals surface area contributed by atoms with E-state index in [-0.39, 0.29) is 17.7 Å². The summed E-state index contributed by atoms with van der Waals surface area (Å²) in [5, 5.41) is 5.10. The highest BCUT2D eigenvalue weighted by Gasteiger charge is 2.16. The number of carbonyl (C=O) groups excluding carboxylic acids is 4. The molecule has 1 aliphatic heterocycles. The molecule has 0 saturated carbocycles. The lowest BCUT2D eigenvalue weighted by molar-refractivity contribution is -0.130. The molecule has 0 radical (unpaired) electrons. The molecule has 37 heavy (non-hydrogen) atoms. The minimum atomic E-state index is -0.241. The third-order valence-electron chi connectivity index (χ3n) is 5.01. The second-order valence-electron chi connectivity index (χ2n) is 8.48. The first-order valence-corrected chi connectivity index (χ1v) is 13.3. The Morgan fingerprint density at radius 1 is 1.00 bits per heavy atom. The van der Waals surface area contributed by atoms with E-state index in [1.165, 1.54) is 25.5 Å². The van der Waals surface area contributed by atoms with Crippen LogP contribution in [0.15, 0.2) is 30.3 Å². The zero-order valence-electron chi connectivity index (χ0n) is 24.1. The molecule has 0 aliphatic carbocycles. The van der Waals surface area contributed by atoms with Gasteiger partial charge in [0, 0.05) is 45.4 Å². The number of nitrogens with one attached hydrogen (secondary N) is 2. The molecule has 1 aliphatic rings. The Kier molecular flexibility index (Phi) is 30.5. The molecular formula is C28H53N5O4. The van der Waals surface area contributed by atoms with Crippen molar-refractivity contribution in [2.45, 2.75) is 79.1 Å². The maximum absolute atomic E-state index is 11.7. The number of amides is 4. The van der Waals surface area contributed by atoms with Crippen LogP contribution in [0.1, 0.15) is 78.2 Å². The molecule has 0 spiro atoms. The van der Waals surface area contributed by atoms with Gasteiger partial charge in [-0.1, -0.05) is 64.4 Å². The summed E-state index contributed by atoms with van der Waals surface area (Å²) in [6.45, 7) is 10.4. The quantitative estimate of drug-likeness (QED) is 0.275. The molecule has 1 aromatic carbocycles. The highest BCUT2D eigenvalue weighted by atomic mass is 16.2. The monoisotopic (exact) mass is 523 g/mol. The van der Waals surface area contributed by atoms with Gasteiger partial charge in [0.05, 0.1) is 0 Å². The number of nitrogens with two attached hydrogens (primary N) is 2. The summed E-state index contributed by atoms with van der Waals surface area (Å²) in [7, 11) is 3.15. The Morgan fingerprint density at radius 2 is 1.54 bits per heavy atom. The Balaban J connectivity index is -0.000000448. The maximum Gasteiger partial charge on any atom is 0.222 e. The fourth-order valence-electron chi connectivity index (χ4n) is 2.71. The van der Waals surface area contributed by atoms with Crippen LogP contribution in [-0.4, -0.2) is 62.8 Å². The first-order chi connectivity index (χ1) is 17.7. The number of hydrogen-bond donors (Lipinski definition) is 4. The number of primary amides is 1. The molecule has 0 atom stereocenters. The SMILES string of the molecule is CC(C)C(N)=O.CCCC(=O)NC.CCCCNC=O.CN.O=C(CCc1ccccc1)N1CCCC1. The van der Waals surface area contributed by atoms with E-state index in [4.69, 9.17) is 5.73 Å². The number of benzene rings is 1. The summed E-state index contributed by atoms with van der Waals surface area (Å²) >= 11 is 0. The molecular weight excluding hydrogens is 470 g/mol. The number of aryl methyl sites for hydroxylation is 1. The van der Waals surface area contributed by atoms with Gasteiger partial charge in [0.1, 0.15) is 0 Å². The van der Waals surface area contributed by atoms with Crippen LogP contribution in [0.5, 0.6) is 0 Å². The standard InChI is InChI=1S/C13H17NO.2C5H11NO.C4H9NO.CH5N/c15-13(14-10-4-5-11-14)9-8-12-6-2-1-3-7-12;1-3-4-5(7)6-2;1-2-3-4-6-5-7;1-3(2)4(5)6;1-2/h1-3,6-7H,4-5,8-11H2;3-4H2,1-2H3,(H,6,7);5H,2-4H2,1H3,(H,6,7);3H,1-2H3,(H2,5,6);2H2,1H3. The van der Waals surface area contributed by atoms with Gasteiger partial charge < -0.3 is 27.0 Å². The average Bonchev–Trinajstić information content (AvgIpc) is 3.46. The molecule has 0 unspecified atom stereocenters. The van der Waals surface area contributed by atoms with E-state index in [9.17, 15) is 19.2 Å². The van der Waals surface area contributed by atoms with Crippen LogP contribution < -0.4 is 22.1 Å². The number of carbonyl (C=O) groups is 4. The largest absolute Gasteiger partial charge is 0.369 e. The summed E-state index contributed by atoms with van der Waals surface area (Å²) < 4.78 is 0. The molecule has 1 fully saturated rings. The molecule has 9 nitrogen and oxygen atoms in total. The Bertz CT molecular complexity index is 678. The van der Waals surface area contributed by atoms with Crippen molar-refractivity contribution < 1.29 is 19.2 Å². The number of unbranched alkanes of at least 4 members (excludes halogenated alkanes) is 1. The van der Waals surface area contributed by atoms with E-state index in [0.29, 0.717) is 18.7 Å². The molecule has 9 heteroatoms. The zero-order chi connectivity index (χ0) is 28.9. The van der Waals surface area contributed by atoms with Gasteiger partial charge >= 0.3 is 0 Å². The van der Waals surface area contributed by atoms with Gasteiger partial charge in [-0.3, -0.25) is 19.2 Å². The van der Waals surface area contributed by atoms with Crippen LogP contribution in [0, 0.1) is 5.92 Å². The molecule has 214 valence electrons. The smallest absolute Gasteiger partial charge is 0.222 e. The third-order valence-corrected chi connectivity index (χ3v) is 5.01. The van der Waals surface area contributed by atoms with Gasteiger partial charge in [0.2, 0.25) is 24.1 Å². The van der Waals surface area contributed by atoms with Crippen molar-refractivity contribution in [1.29, 1.82) is 0 Å². The molecule has 4 amide bonds. The van der Waals surface area contributed by atoms with Crippen LogP contribution in [-0.2, 0) is 25.6 Å². The lowest BCUT2D eigenvalue weighted by atomic mass is 10.1. The Morgan fingerprint density at radius 3 is 1.92 bits per heavy atom. The minimum absolute atomic E-state index is 0.00926. The predicted molar refractivity (Wildman–Crippen MR) is 153 cm³/mol. The van der Waals surface area contributed by atoms with Gasteiger partial charge in [-0.25, -0.2) is 0 Å². The molecule has 1 saturated heterocycles. The summed E-state index contributed by atoms with van der Waals surface area (Å²) in [5.41, 5.74) is 10.6. The summed E-state index contributed by atoms with van der Waals surface area (Å²) in [6, 6.07) is 10.2. The van der Waals surface area contributed by atoms with E-state index < -0.39 is 0 Å².